The number of amides is 4. The maximum absolute atomic E-state index is 13.5. The lowest BCUT2D eigenvalue weighted by atomic mass is 9.94. The molecule has 9 nitrogen and oxygen atoms in total. The highest BCUT2D eigenvalue weighted by atomic mass is 19.1. The second-order valence-corrected chi connectivity index (χ2v) is 8.63. The zero-order valence-electron chi connectivity index (χ0n) is 20.3. The summed E-state index contributed by atoms with van der Waals surface area (Å²) < 4.78 is 18.9. The Labute approximate surface area is 199 Å². The summed E-state index contributed by atoms with van der Waals surface area (Å²) in [5, 5.41) is 5.78. The van der Waals surface area contributed by atoms with E-state index < -0.39 is 17.8 Å². The van der Waals surface area contributed by atoms with Gasteiger partial charge in [-0.3, -0.25) is 9.80 Å². The van der Waals surface area contributed by atoms with Gasteiger partial charge in [0, 0.05) is 51.0 Å². The van der Waals surface area contributed by atoms with Crippen molar-refractivity contribution in [3.05, 3.63) is 46.9 Å². The molecule has 0 unspecified atom stereocenters. The number of esters is 1. The van der Waals surface area contributed by atoms with Gasteiger partial charge in [-0.25, -0.2) is 18.8 Å². The van der Waals surface area contributed by atoms with Gasteiger partial charge in [-0.1, -0.05) is 12.1 Å². The SMILES string of the molecule is CCOC(=O)C1=C(CN2CCN(C(=O)NC(C)C)CC2)N(CC)C(=O)N[C@H]1c1ccc(F)cc1. The summed E-state index contributed by atoms with van der Waals surface area (Å²) in [6.07, 6.45) is 0. The van der Waals surface area contributed by atoms with Crippen LogP contribution in [0.4, 0.5) is 14.0 Å². The number of piperazine rings is 1. The summed E-state index contributed by atoms with van der Waals surface area (Å²) in [5.41, 5.74) is 1.51. The van der Waals surface area contributed by atoms with Crippen LogP contribution in [0.5, 0.6) is 0 Å². The van der Waals surface area contributed by atoms with Crippen LogP contribution in [0.3, 0.4) is 0 Å². The molecule has 0 aromatic heterocycles. The molecule has 1 aromatic rings. The van der Waals surface area contributed by atoms with Crippen molar-refractivity contribution in [1.82, 2.24) is 25.3 Å². The molecular formula is C24H34FN5O4. The molecule has 0 bridgehead atoms. The van der Waals surface area contributed by atoms with Crippen molar-refractivity contribution < 1.29 is 23.5 Å². The molecule has 2 heterocycles. The number of carbonyl (C=O) groups excluding carboxylic acids is 3. The molecule has 34 heavy (non-hydrogen) atoms. The minimum Gasteiger partial charge on any atom is -0.463 e. The lowest BCUT2D eigenvalue weighted by molar-refractivity contribution is -0.139. The van der Waals surface area contributed by atoms with Crippen LogP contribution >= 0.6 is 0 Å². The molecule has 3 rings (SSSR count). The zero-order valence-corrected chi connectivity index (χ0v) is 20.3. The third kappa shape index (κ3) is 5.85. The maximum Gasteiger partial charge on any atom is 0.338 e. The van der Waals surface area contributed by atoms with Gasteiger partial charge in [-0.05, 0) is 45.4 Å². The van der Waals surface area contributed by atoms with Crippen molar-refractivity contribution in [2.24, 2.45) is 0 Å². The van der Waals surface area contributed by atoms with E-state index in [0.29, 0.717) is 56.1 Å². The van der Waals surface area contributed by atoms with Crippen LogP contribution in [0.25, 0.3) is 0 Å². The van der Waals surface area contributed by atoms with E-state index >= 15 is 0 Å². The summed E-state index contributed by atoms with van der Waals surface area (Å²) >= 11 is 0. The number of nitrogens with zero attached hydrogens (tertiary/aromatic N) is 3. The summed E-state index contributed by atoms with van der Waals surface area (Å²) in [6.45, 7) is 10.6. The number of ether oxygens (including phenoxy) is 1. The average Bonchev–Trinajstić information content (AvgIpc) is 2.79. The summed E-state index contributed by atoms with van der Waals surface area (Å²) in [4.78, 5) is 43.8. The number of hydrogen-bond acceptors (Lipinski definition) is 5. The van der Waals surface area contributed by atoms with Crippen molar-refractivity contribution in [1.29, 1.82) is 0 Å². The van der Waals surface area contributed by atoms with E-state index in [2.05, 4.69) is 15.5 Å². The van der Waals surface area contributed by atoms with Crippen LogP contribution in [0.2, 0.25) is 0 Å². The predicted octanol–water partition coefficient (Wildman–Crippen LogP) is 2.46. The van der Waals surface area contributed by atoms with Gasteiger partial charge >= 0.3 is 18.0 Å². The van der Waals surface area contributed by atoms with E-state index in [1.807, 2.05) is 20.8 Å². The summed E-state index contributed by atoms with van der Waals surface area (Å²) in [6, 6.07) is 4.62. The number of urea groups is 2. The molecule has 4 amide bonds. The molecule has 186 valence electrons. The van der Waals surface area contributed by atoms with E-state index in [9.17, 15) is 18.8 Å². The Morgan fingerprint density at radius 3 is 2.35 bits per heavy atom. The molecule has 0 aliphatic carbocycles. The number of hydrogen-bond donors (Lipinski definition) is 2. The highest BCUT2D eigenvalue weighted by Gasteiger charge is 2.38. The number of benzene rings is 1. The van der Waals surface area contributed by atoms with E-state index in [0.717, 1.165) is 0 Å². The quantitative estimate of drug-likeness (QED) is 0.591. The van der Waals surface area contributed by atoms with Gasteiger partial charge in [-0.2, -0.15) is 0 Å². The van der Waals surface area contributed by atoms with Gasteiger partial charge in [0.2, 0.25) is 0 Å². The topological polar surface area (TPSA) is 94.2 Å². The minimum atomic E-state index is -0.747. The fourth-order valence-electron chi connectivity index (χ4n) is 4.22. The molecule has 1 fully saturated rings. The lowest BCUT2D eigenvalue weighted by Gasteiger charge is -2.40. The number of rotatable bonds is 7. The fourth-order valence-corrected chi connectivity index (χ4v) is 4.22. The third-order valence-corrected chi connectivity index (χ3v) is 5.90. The third-order valence-electron chi connectivity index (χ3n) is 5.90. The average molecular weight is 476 g/mol. The zero-order chi connectivity index (χ0) is 24.8. The number of halogens is 1. The first-order chi connectivity index (χ1) is 16.2. The van der Waals surface area contributed by atoms with Crippen molar-refractivity contribution in [2.45, 2.75) is 39.8 Å². The molecule has 10 heteroatoms. The van der Waals surface area contributed by atoms with Gasteiger partial charge < -0.3 is 20.3 Å². The largest absolute Gasteiger partial charge is 0.463 e. The van der Waals surface area contributed by atoms with E-state index in [-0.39, 0.29) is 24.7 Å². The Balaban J connectivity index is 1.90. The van der Waals surface area contributed by atoms with E-state index in [1.165, 1.54) is 12.1 Å². The monoisotopic (exact) mass is 475 g/mol. The smallest absolute Gasteiger partial charge is 0.338 e. The highest BCUT2D eigenvalue weighted by molar-refractivity contribution is 5.95. The van der Waals surface area contributed by atoms with Crippen LogP contribution in [-0.2, 0) is 9.53 Å². The molecule has 0 saturated carbocycles. The Hall–Kier alpha value is -3.14. The fraction of sp³-hybridized carbons (Fsp3) is 0.542. The van der Waals surface area contributed by atoms with Gasteiger partial charge in [-0.15, -0.1) is 0 Å². The standard InChI is InChI=1S/C24H34FN5O4/c1-5-30-19(15-28-11-13-29(14-12-28)23(32)26-16(3)4)20(22(31)34-6-2)21(27-24(30)33)17-7-9-18(25)10-8-17/h7-10,16,21H,5-6,11-15H2,1-4H3,(H,26,32)(H,27,33)/t21-/m0/s1. The first-order valence-corrected chi connectivity index (χ1v) is 11.8. The lowest BCUT2D eigenvalue weighted by Crippen LogP contribution is -2.55. The number of likely N-dealkylation sites (N-methyl/N-ethyl adjacent to an activating group) is 1. The normalized spacial score (nSPS) is 19.4. The second kappa shape index (κ2) is 11.3. The second-order valence-electron chi connectivity index (χ2n) is 8.63. The Morgan fingerprint density at radius 2 is 1.79 bits per heavy atom. The maximum atomic E-state index is 13.5. The van der Waals surface area contributed by atoms with Crippen LogP contribution in [0, 0.1) is 5.82 Å². The van der Waals surface area contributed by atoms with E-state index in [4.69, 9.17) is 4.74 Å². The van der Waals surface area contributed by atoms with Crippen LogP contribution in [-0.4, -0.2) is 84.6 Å². The Kier molecular flexibility index (Phi) is 8.49. The molecule has 2 aliphatic heterocycles. The van der Waals surface area contributed by atoms with Crippen molar-refractivity contribution in [3.8, 4) is 0 Å². The van der Waals surface area contributed by atoms with Crippen molar-refractivity contribution in [2.75, 3.05) is 45.9 Å². The van der Waals surface area contributed by atoms with Crippen LogP contribution < -0.4 is 10.6 Å². The van der Waals surface area contributed by atoms with Crippen LogP contribution in [0.1, 0.15) is 39.3 Å². The van der Waals surface area contributed by atoms with E-state index in [1.54, 1.807) is 28.9 Å². The first-order valence-electron chi connectivity index (χ1n) is 11.8. The van der Waals surface area contributed by atoms with Crippen LogP contribution in [0.15, 0.2) is 35.5 Å². The molecule has 2 aliphatic rings. The van der Waals surface area contributed by atoms with Crippen molar-refractivity contribution >= 4 is 18.0 Å². The summed E-state index contributed by atoms with van der Waals surface area (Å²) in [7, 11) is 0. The molecule has 0 spiro atoms. The molecule has 0 radical (unpaired) electrons. The molecule has 1 saturated heterocycles. The van der Waals surface area contributed by atoms with Gasteiger partial charge in [0.1, 0.15) is 5.82 Å². The highest BCUT2D eigenvalue weighted by Crippen LogP contribution is 2.32. The first kappa shape index (κ1) is 25.5. The Bertz CT molecular complexity index is 926. The van der Waals surface area contributed by atoms with Crippen molar-refractivity contribution in [3.63, 3.8) is 0 Å². The molecule has 1 aromatic carbocycles. The number of carbonyl (C=O) groups is 3. The minimum absolute atomic E-state index is 0.0603. The van der Waals surface area contributed by atoms with Gasteiger partial charge in [0.15, 0.2) is 0 Å². The van der Waals surface area contributed by atoms with Gasteiger partial charge in [0.05, 0.1) is 18.2 Å². The summed E-state index contributed by atoms with van der Waals surface area (Å²) in [5.74, 6) is -0.914. The molecule has 1 atom stereocenters. The number of nitrogens with one attached hydrogen (secondary N) is 2. The predicted molar refractivity (Wildman–Crippen MR) is 125 cm³/mol. The molecular weight excluding hydrogens is 441 g/mol. The molecule has 2 N–H and O–H groups in total. The van der Waals surface area contributed by atoms with Gasteiger partial charge in [0.25, 0.3) is 0 Å². The Morgan fingerprint density at radius 1 is 1.15 bits per heavy atom.